The minimum absolute atomic E-state index is 0.0902. The summed E-state index contributed by atoms with van der Waals surface area (Å²) in [6, 6.07) is 4.24. The summed E-state index contributed by atoms with van der Waals surface area (Å²) in [5.74, 6) is 0.268. The van der Waals surface area contributed by atoms with Crippen molar-refractivity contribution in [2.75, 3.05) is 20.0 Å². The molecule has 2 aliphatic rings. The lowest BCUT2D eigenvalue weighted by Crippen LogP contribution is -2.36. The monoisotopic (exact) mass is 371 g/mol. The number of benzene rings is 1. The topological polar surface area (TPSA) is 117 Å². The van der Waals surface area contributed by atoms with E-state index in [-0.39, 0.29) is 17.2 Å². The van der Waals surface area contributed by atoms with Gasteiger partial charge in [-0.05, 0) is 32.4 Å². The Morgan fingerprint density at radius 1 is 1.26 bits per heavy atom. The molecule has 0 bridgehead atoms. The molecule has 142 valence electrons. The molecule has 3 rings (SSSR count). The summed E-state index contributed by atoms with van der Waals surface area (Å²) >= 11 is 0. The van der Waals surface area contributed by atoms with E-state index in [0.29, 0.717) is 29.1 Å². The van der Waals surface area contributed by atoms with E-state index in [1.807, 2.05) is 13.8 Å². The van der Waals surface area contributed by atoms with Crippen molar-refractivity contribution in [2.24, 2.45) is 10.4 Å². The van der Waals surface area contributed by atoms with Gasteiger partial charge in [0.25, 0.3) is 5.69 Å². The van der Waals surface area contributed by atoms with Crippen LogP contribution in [0.3, 0.4) is 0 Å². The van der Waals surface area contributed by atoms with Crippen molar-refractivity contribution in [1.29, 1.82) is 0 Å². The van der Waals surface area contributed by atoms with Crippen molar-refractivity contribution in [3.8, 4) is 0 Å². The average molecular weight is 371 g/mol. The van der Waals surface area contributed by atoms with E-state index in [4.69, 9.17) is 20.2 Å². The Kier molecular flexibility index (Phi) is 4.29. The van der Waals surface area contributed by atoms with Gasteiger partial charge in [-0.25, -0.2) is 0 Å². The Balaban J connectivity index is 2.29. The molecule has 1 aromatic carbocycles. The van der Waals surface area contributed by atoms with E-state index in [1.165, 1.54) is 38.5 Å². The molecular formula is C19H21N3O5. The second-order valence-corrected chi connectivity index (χ2v) is 7.24. The van der Waals surface area contributed by atoms with Crippen molar-refractivity contribution in [3.05, 3.63) is 57.5 Å². The molecule has 0 saturated heterocycles. The van der Waals surface area contributed by atoms with Crippen LogP contribution in [0.2, 0.25) is 0 Å². The summed E-state index contributed by atoms with van der Waals surface area (Å²) in [5.41, 5.74) is 5.97. The van der Waals surface area contributed by atoms with Crippen LogP contribution in [-0.2, 0) is 14.3 Å². The summed E-state index contributed by atoms with van der Waals surface area (Å²) in [6.45, 7) is 3.89. The first-order chi connectivity index (χ1) is 12.6. The highest BCUT2D eigenvalue weighted by Crippen LogP contribution is 2.51. The molecule has 8 heteroatoms. The van der Waals surface area contributed by atoms with Gasteiger partial charge in [-0.15, -0.1) is 0 Å². The maximum atomic E-state index is 12.2. The van der Waals surface area contributed by atoms with E-state index in [2.05, 4.69) is 0 Å². The van der Waals surface area contributed by atoms with Gasteiger partial charge in [0.2, 0.25) is 5.78 Å². The molecule has 0 aromatic heterocycles. The third-order valence-corrected chi connectivity index (χ3v) is 4.81. The molecule has 1 atom stereocenters. The quantitative estimate of drug-likeness (QED) is 0.494. The molecule has 1 heterocycles. The zero-order valence-corrected chi connectivity index (χ0v) is 15.6. The lowest BCUT2D eigenvalue weighted by atomic mass is 9.71. The number of methoxy groups -OCH3 is 2. The molecule has 0 saturated carbocycles. The number of carbonyl (C=O) groups excluding carboxylic acids is 1. The number of hydrogen-bond donors (Lipinski definition) is 1. The second-order valence-electron chi connectivity index (χ2n) is 7.24. The molecule has 8 nitrogen and oxygen atoms in total. The zero-order chi connectivity index (χ0) is 20.0. The third-order valence-electron chi connectivity index (χ3n) is 4.81. The van der Waals surface area contributed by atoms with Gasteiger partial charge >= 0.3 is 0 Å². The van der Waals surface area contributed by atoms with Gasteiger partial charge in [-0.2, -0.15) is 0 Å². The smallest absolute Gasteiger partial charge is 0.270 e. The van der Waals surface area contributed by atoms with Gasteiger partial charge < -0.3 is 15.2 Å². The predicted octanol–water partition coefficient (Wildman–Crippen LogP) is 2.78. The van der Waals surface area contributed by atoms with Crippen LogP contribution >= 0.6 is 0 Å². The highest BCUT2D eigenvalue weighted by atomic mass is 16.6. The second kappa shape index (κ2) is 6.22. The summed E-state index contributed by atoms with van der Waals surface area (Å²) < 4.78 is 10.8. The number of carbonyl (C=O) groups is 1. The van der Waals surface area contributed by atoms with E-state index in [9.17, 15) is 14.9 Å². The number of ether oxygens (including phenoxy) is 2. The lowest BCUT2D eigenvalue weighted by Gasteiger charge is -2.33. The van der Waals surface area contributed by atoms with E-state index < -0.39 is 15.9 Å². The lowest BCUT2D eigenvalue weighted by molar-refractivity contribution is -0.384. The van der Waals surface area contributed by atoms with Crippen LogP contribution in [0.15, 0.2) is 46.9 Å². The van der Waals surface area contributed by atoms with Crippen molar-refractivity contribution < 1.29 is 19.2 Å². The van der Waals surface area contributed by atoms with Gasteiger partial charge in [0.15, 0.2) is 5.76 Å². The number of nitro benzene ring substituents is 1. The third kappa shape index (κ3) is 2.97. The Hall–Kier alpha value is -3.16. The summed E-state index contributed by atoms with van der Waals surface area (Å²) in [5, 5.41) is 11.2. The van der Waals surface area contributed by atoms with Crippen LogP contribution < -0.4 is 5.73 Å². The SMILES string of the molecule is COC1=CC2(CC(C)(C)N=C2c2cc([N+](=O)[O-])ccc2N)C(OC)=CC1=O. The van der Waals surface area contributed by atoms with Crippen molar-refractivity contribution >= 4 is 22.9 Å². The number of ketones is 1. The van der Waals surface area contributed by atoms with Crippen LogP contribution in [0.1, 0.15) is 25.8 Å². The fourth-order valence-electron chi connectivity index (χ4n) is 3.78. The Labute approximate surface area is 156 Å². The molecule has 0 fully saturated rings. The highest BCUT2D eigenvalue weighted by molar-refractivity contribution is 6.16. The standard InChI is InChI=1S/C19H21N3O5/c1-18(2)10-19(9-15(26-3)14(23)8-16(19)27-4)17(21-18)12-7-11(22(24)25)5-6-13(12)20/h5-9H,10,20H2,1-4H3. The molecule has 1 aliphatic heterocycles. The van der Waals surface area contributed by atoms with Gasteiger partial charge in [0, 0.05) is 29.5 Å². The van der Waals surface area contributed by atoms with Gasteiger partial charge in [-0.3, -0.25) is 19.9 Å². The molecule has 1 aliphatic carbocycles. The number of nitrogens with zero attached hydrogens (tertiary/aromatic N) is 2. The maximum Gasteiger partial charge on any atom is 0.270 e. The molecular weight excluding hydrogens is 350 g/mol. The first-order valence-corrected chi connectivity index (χ1v) is 8.35. The average Bonchev–Trinajstić information content (AvgIpc) is 2.87. The van der Waals surface area contributed by atoms with Crippen molar-refractivity contribution in [1.82, 2.24) is 0 Å². The molecule has 1 spiro atoms. The molecule has 0 radical (unpaired) electrons. The number of nitro groups is 1. The minimum atomic E-state index is -0.902. The molecule has 1 unspecified atom stereocenters. The maximum absolute atomic E-state index is 12.2. The van der Waals surface area contributed by atoms with Crippen molar-refractivity contribution in [3.63, 3.8) is 0 Å². The van der Waals surface area contributed by atoms with E-state index in [0.717, 1.165) is 0 Å². The largest absolute Gasteiger partial charge is 0.500 e. The fourth-order valence-corrected chi connectivity index (χ4v) is 3.78. The van der Waals surface area contributed by atoms with E-state index >= 15 is 0 Å². The molecule has 27 heavy (non-hydrogen) atoms. The van der Waals surface area contributed by atoms with Gasteiger partial charge in [0.1, 0.15) is 5.76 Å². The highest BCUT2D eigenvalue weighted by Gasteiger charge is 2.52. The van der Waals surface area contributed by atoms with Crippen LogP contribution in [-0.4, -0.2) is 36.2 Å². The van der Waals surface area contributed by atoms with Crippen LogP contribution in [0, 0.1) is 15.5 Å². The molecule has 2 N–H and O–H groups in total. The minimum Gasteiger partial charge on any atom is -0.500 e. The summed E-state index contributed by atoms with van der Waals surface area (Å²) in [4.78, 5) is 27.8. The Morgan fingerprint density at radius 2 is 1.96 bits per heavy atom. The summed E-state index contributed by atoms with van der Waals surface area (Å²) in [7, 11) is 2.90. The zero-order valence-electron chi connectivity index (χ0n) is 15.6. The number of aliphatic imine (C=N–C) groups is 1. The Morgan fingerprint density at radius 3 is 2.56 bits per heavy atom. The number of non-ortho nitro benzene ring substituents is 1. The van der Waals surface area contributed by atoms with Crippen molar-refractivity contribution in [2.45, 2.75) is 25.8 Å². The number of anilines is 1. The van der Waals surface area contributed by atoms with Gasteiger partial charge in [-0.1, -0.05) is 0 Å². The number of hydrogen-bond acceptors (Lipinski definition) is 7. The summed E-state index contributed by atoms with van der Waals surface area (Å²) in [6.07, 6.45) is 3.56. The number of allylic oxidation sites excluding steroid dienone is 2. The number of nitrogens with two attached hydrogens (primary N) is 1. The molecule has 0 amide bonds. The first kappa shape index (κ1) is 18.6. The first-order valence-electron chi connectivity index (χ1n) is 8.35. The fraction of sp³-hybridized carbons (Fsp3) is 0.368. The van der Waals surface area contributed by atoms with Gasteiger partial charge in [0.05, 0.1) is 35.8 Å². The normalized spacial score (nSPS) is 23.6. The van der Waals surface area contributed by atoms with E-state index in [1.54, 1.807) is 6.08 Å². The Bertz CT molecular complexity index is 929. The number of nitrogen functional groups attached to an aromatic ring is 1. The predicted molar refractivity (Wildman–Crippen MR) is 100 cm³/mol. The molecule has 1 aromatic rings. The number of rotatable bonds is 4. The van der Waals surface area contributed by atoms with Crippen LogP contribution in [0.25, 0.3) is 0 Å². The van der Waals surface area contributed by atoms with Crippen LogP contribution in [0.5, 0.6) is 0 Å². The van der Waals surface area contributed by atoms with Crippen LogP contribution in [0.4, 0.5) is 11.4 Å².